The van der Waals surface area contributed by atoms with E-state index in [1.807, 2.05) is 24.3 Å². The van der Waals surface area contributed by atoms with Crippen LogP contribution >= 0.6 is 11.6 Å². The zero-order valence-electron chi connectivity index (χ0n) is 9.84. The Balaban J connectivity index is 2.01. The minimum atomic E-state index is 0.0129. The number of aromatic nitrogens is 1. The standard InChI is InChI=1S/C14H10ClN3O/c15-9-5-7-10(8-6-9)17-18-13-11-3-1-2-4-12(11)16-14(13)19/h1-8,16,19H. The van der Waals surface area contributed by atoms with Gasteiger partial charge in [-0.2, -0.15) is 5.11 Å². The van der Waals surface area contributed by atoms with E-state index in [1.54, 1.807) is 24.3 Å². The molecule has 0 fully saturated rings. The van der Waals surface area contributed by atoms with Gasteiger partial charge in [-0.1, -0.05) is 29.8 Å². The molecule has 3 rings (SSSR count). The molecule has 0 aliphatic heterocycles. The van der Waals surface area contributed by atoms with Crippen LogP contribution in [0.5, 0.6) is 5.88 Å². The van der Waals surface area contributed by atoms with Crippen molar-refractivity contribution in [2.75, 3.05) is 0 Å². The van der Waals surface area contributed by atoms with Gasteiger partial charge in [0, 0.05) is 10.4 Å². The second kappa shape index (κ2) is 4.74. The number of hydrogen-bond acceptors (Lipinski definition) is 3. The molecule has 2 N–H and O–H groups in total. The molecule has 3 aromatic rings. The molecule has 0 aliphatic carbocycles. The zero-order chi connectivity index (χ0) is 13.2. The summed E-state index contributed by atoms with van der Waals surface area (Å²) in [6.07, 6.45) is 0. The molecule has 19 heavy (non-hydrogen) atoms. The smallest absolute Gasteiger partial charge is 0.218 e. The minimum absolute atomic E-state index is 0.0129. The Hall–Kier alpha value is -2.33. The van der Waals surface area contributed by atoms with E-state index < -0.39 is 0 Å². The molecule has 0 bridgehead atoms. The first-order valence-electron chi connectivity index (χ1n) is 5.71. The fourth-order valence-electron chi connectivity index (χ4n) is 1.83. The molecule has 1 aromatic heterocycles. The zero-order valence-corrected chi connectivity index (χ0v) is 10.6. The van der Waals surface area contributed by atoms with Gasteiger partial charge in [-0.05, 0) is 30.3 Å². The molecule has 0 atom stereocenters. The molecule has 94 valence electrons. The Morgan fingerprint density at radius 2 is 1.68 bits per heavy atom. The van der Waals surface area contributed by atoms with Gasteiger partial charge in [-0.15, -0.1) is 5.11 Å². The molecule has 2 aromatic carbocycles. The number of benzene rings is 2. The van der Waals surface area contributed by atoms with Gasteiger partial charge in [0.2, 0.25) is 5.88 Å². The molecule has 0 aliphatic rings. The number of hydrogen-bond donors (Lipinski definition) is 2. The maximum Gasteiger partial charge on any atom is 0.218 e. The maximum atomic E-state index is 9.83. The van der Waals surface area contributed by atoms with Crippen molar-refractivity contribution in [3.05, 3.63) is 53.6 Å². The number of rotatable bonds is 2. The van der Waals surface area contributed by atoms with Crippen LogP contribution in [-0.4, -0.2) is 10.1 Å². The lowest BCUT2D eigenvalue weighted by Gasteiger charge is -1.93. The predicted octanol–water partition coefficient (Wildman–Crippen LogP) is 4.94. The van der Waals surface area contributed by atoms with Crippen molar-refractivity contribution in [1.29, 1.82) is 0 Å². The van der Waals surface area contributed by atoms with Crippen molar-refractivity contribution in [2.45, 2.75) is 0 Å². The summed E-state index contributed by atoms with van der Waals surface area (Å²) in [6.45, 7) is 0. The third kappa shape index (κ3) is 2.30. The Morgan fingerprint density at radius 3 is 2.47 bits per heavy atom. The van der Waals surface area contributed by atoms with Crippen molar-refractivity contribution in [3.8, 4) is 5.88 Å². The summed E-state index contributed by atoms with van der Waals surface area (Å²) in [5, 5.41) is 19.5. The number of azo groups is 1. The van der Waals surface area contributed by atoms with Gasteiger partial charge < -0.3 is 10.1 Å². The van der Waals surface area contributed by atoms with Gasteiger partial charge in [-0.25, -0.2) is 0 Å². The molecule has 0 amide bonds. The number of aromatic amines is 1. The minimum Gasteiger partial charge on any atom is -0.493 e. The van der Waals surface area contributed by atoms with Gasteiger partial charge in [0.15, 0.2) is 5.69 Å². The molecule has 5 heteroatoms. The summed E-state index contributed by atoms with van der Waals surface area (Å²) in [6, 6.07) is 14.5. The lowest BCUT2D eigenvalue weighted by atomic mass is 10.2. The Morgan fingerprint density at radius 1 is 0.947 bits per heavy atom. The van der Waals surface area contributed by atoms with Crippen LogP contribution in [-0.2, 0) is 0 Å². The topological polar surface area (TPSA) is 60.7 Å². The van der Waals surface area contributed by atoms with E-state index in [9.17, 15) is 5.11 Å². The molecule has 0 radical (unpaired) electrons. The van der Waals surface area contributed by atoms with Crippen molar-refractivity contribution >= 4 is 33.9 Å². The number of fused-ring (bicyclic) bond motifs is 1. The third-order valence-electron chi connectivity index (χ3n) is 2.75. The largest absolute Gasteiger partial charge is 0.493 e. The van der Waals surface area contributed by atoms with Crippen LogP contribution in [0.2, 0.25) is 5.02 Å². The average molecular weight is 272 g/mol. The normalized spacial score (nSPS) is 11.4. The molecule has 1 heterocycles. The summed E-state index contributed by atoms with van der Waals surface area (Å²) < 4.78 is 0. The third-order valence-corrected chi connectivity index (χ3v) is 3.00. The monoisotopic (exact) mass is 271 g/mol. The van der Waals surface area contributed by atoms with Crippen LogP contribution in [0.15, 0.2) is 58.8 Å². The summed E-state index contributed by atoms with van der Waals surface area (Å²) in [5.74, 6) is 0.0129. The van der Waals surface area contributed by atoms with E-state index in [0.717, 1.165) is 10.9 Å². The number of nitrogens with one attached hydrogen (secondary N) is 1. The Kier molecular flexibility index (Phi) is 2.93. The lowest BCUT2D eigenvalue weighted by Crippen LogP contribution is -1.65. The molecule has 4 nitrogen and oxygen atoms in total. The number of H-pyrrole nitrogens is 1. The number of aromatic hydroxyl groups is 1. The van der Waals surface area contributed by atoms with E-state index in [2.05, 4.69) is 15.2 Å². The van der Waals surface area contributed by atoms with Gasteiger partial charge in [-0.3, -0.25) is 0 Å². The average Bonchev–Trinajstić information content (AvgIpc) is 2.74. The fraction of sp³-hybridized carbons (Fsp3) is 0. The molecular weight excluding hydrogens is 262 g/mol. The highest BCUT2D eigenvalue weighted by Crippen LogP contribution is 2.36. The van der Waals surface area contributed by atoms with Crippen LogP contribution < -0.4 is 0 Å². The SMILES string of the molecule is Oc1[nH]c2ccccc2c1N=Nc1ccc(Cl)cc1. The summed E-state index contributed by atoms with van der Waals surface area (Å²) in [7, 11) is 0. The van der Waals surface area contributed by atoms with Crippen LogP contribution in [0.4, 0.5) is 11.4 Å². The highest BCUT2D eigenvalue weighted by Gasteiger charge is 2.09. The second-order valence-corrected chi connectivity index (χ2v) is 4.48. The molecule has 0 saturated carbocycles. The number of nitrogens with zero attached hydrogens (tertiary/aromatic N) is 2. The van der Waals surface area contributed by atoms with E-state index >= 15 is 0 Å². The first-order chi connectivity index (χ1) is 9.24. The van der Waals surface area contributed by atoms with Crippen LogP contribution in [0.3, 0.4) is 0 Å². The molecular formula is C14H10ClN3O. The van der Waals surface area contributed by atoms with Crippen molar-refractivity contribution in [2.24, 2.45) is 10.2 Å². The van der Waals surface area contributed by atoms with Crippen LogP contribution in [0, 0.1) is 0 Å². The van der Waals surface area contributed by atoms with E-state index in [0.29, 0.717) is 16.4 Å². The summed E-state index contributed by atoms with van der Waals surface area (Å²) >= 11 is 5.80. The number of halogens is 1. The second-order valence-electron chi connectivity index (χ2n) is 4.04. The summed E-state index contributed by atoms with van der Waals surface area (Å²) in [4.78, 5) is 2.85. The quantitative estimate of drug-likeness (QED) is 0.637. The van der Waals surface area contributed by atoms with Crippen molar-refractivity contribution in [3.63, 3.8) is 0 Å². The van der Waals surface area contributed by atoms with Crippen molar-refractivity contribution < 1.29 is 5.11 Å². The highest BCUT2D eigenvalue weighted by atomic mass is 35.5. The Labute approximate surface area is 114 Å². The molecule has 0 spiro atoms. The highest BCUT2D eigenvalue weighted by molar-refractivity contribution is 6.30. The van der Waals surface area contributed by atoms with Gasteiger partial charge >= 0.3 is 0 Å². The first-order valence-corrected chi connectivity index (χ1v) is 6.09. The Bertz CT molecular complexity index is 747. The number of para-hydroxylation sites is 1. The van der Waals surface area contributed by atoms with E-state index in [-0.39, 0.29) is 5.88 Å². The molecule has 0 saturated heterocycles. The summed E-state index contributed by atoms with van der Waals surface area (Å²) in [5.41, 5.74) is 1.93. The van der Waals surface area contributed by atoms with Crippen LogP contribution in [0.25, 0.3) is 10.9 Å². The predicted molar refractivity (Wildman–Crippen MR) is 75.6 cm³/mol. The molecule has 0 unspecified atom stereocenters. The maximum absolute atomic E-state index is 9.83. The lowest BCUT2D eigenvalue weighted by molar-refractivity contribution is 0.459. The van der Waals surface area contributed by atoms with Gasteiger partial charge in [0.1, 0.15) is 0 Å². The van der Waals surface area contributed by atoms with E-state index in [4.69, 9.17) is 11.6 Å². The fourth-order valence-corrected chi connectivity index (χ4v) is 1.96. The van der Waals surface area contributed by atoms with Gasteiger partial charge in [0.05, 0.1) is 11.2 Å². The van der Waals surface area contributed by atoms with Gasteiger partial charge in [0.25, 0.3) is 0 Å². The van der Waals surface area contributed by atoms with Crippen molar-refractivity contribution in [1.82, 2.24) is 4.98 Å². The van der Waals surface area contributed by atoms with E-state index in [1.165, 1.54) is 0 Å². The first kappa shape index (κ1) is 11.7. The van der Waals surface area contributed by atoms with Crippen LogP contribution in [0.1, 0.15) is 0 Å².